The van der Waals surface area contributed by atoms with Gasteiger partial charge in [-0.3, -0.25) is 0 Å². The van der Waals surface area contributed by atoms with Crippen molar-refractivity contribution in [3.05, 3.63) is 54.1 Å². The first kappa shape index (κ1) is 21.7. The van der Waals surface area contributed by atoms with E-state index in [1.165, 1.54) is 25.7 Å². The van der Waals surface area contributed by atoms with Crippen LogP contribution in [-0.4, -0.2) is 35.6 Å². The zero-order valence-electron chi connectivity index (χ0n) is 13.0. The van der Waals surface area contributed by atoms with Crippen LogP contribution in [0.5, 0.6) is 0 Å². The zero-order chi connectivity index (χ0) is 15.2. The Labute approximate surface area is 134 Å². The van der Waals surface area contributed by atoms with Gasteiger partial charge in [-0.1, -0.05) is 69.3 Å². The number of hydrogen-bond acceptors (Lipinski definition) is 2. The number of benzene rings is 1. The van der Waals surface area contributed by atoms with Crippen LogP contribution in [0.25, 0.3) is 6.08 Å². The molecule has 21 heavy (non-hydrogen) atoms. The number of hydrogen-bond donors (Lipinski definition) is 1. The molecule has 0 amide bonds. The number of carboxylic acids is 1. The molecule has 0 saturated heterocycles. The average Bonchev–Trinajstić information content (AvgIpc) is 2.47. The maximum Gasteiger partial charge on any atom is 0.328 e. The van der Waals surface area contributed by atoms with Crippen molar-refractivity contribution in [1.82, 2.24) is 4.90 Å². The fourth-order valence-electron chi connectivity index (χ4n) is 1.54. The Kier molecular flexibility index (Phi) is 15.3. The van der Waals surface area contributed by atoms with Gasteiger partial charge in [0.05, 0.1) is 0 Å². The van der Waals surface area contributed by atoms with Crippen LogP contribution >= 0.6 is 12.4 Å². The monoisotopic (exact) mass is 311 g/mol. The second kappa shape index (κ2) is 14.8. The maximum absolute atomic E-state index is 10.1. The van der Waals surface area contributed by atoms with Crippen molar-refractivity contribution < 1.29 is 9.90 Å². The van der Waals surface area contributed by atoms with Gasteiger partial charge in [-0.15, -0.1) is 12.4 Å². The Morgan fingerprint density at radius 3 is 1.95 bits per heavy atom. The quantitative estimate of drug-likeness (QED) is 0.635. The second-order valence-corrected chi connectivity index (χ2v) is 4.09. The van der Waals surface area contributed by atoms with Gasteiger partial charge in [0, 0.05) is 6.08 Å². The first-order valence-corrected chi connectivity index (χ1v) is 6.99. The Bertz CT molecular complexity index is 407. The third-order valence-corrected chi connectivity index (χ3v) is 2.78. The fraction of sp³-hybridized carbons (Fsp3) is 0.353. The molecule has 0 aliphatic carbocycles. The molecule has 3 nitrogen and oxygen atoms in total. The minimum atomic E-state index is -0.933. The normalized spacial score (nSPS) is 10.3. The highest BCUT2D eigenvalue weighted by Crippen LogP contribution is 2.00. The molecule has 0 aliphatic rings. The number of carboxylic acid groups (broad SMARTS) is 1. The standard InChI is InChI=1S/C11H10O2.C6H15N.ClH/c12-11(13)9-5-4-8-10-6-2-1-3-7-10;1-4-7(5-2)6-3;/h1-9H,(H,12,13);4-6H2,1-3H3;1H. The highest BCUT2D eigenvalue weighted by molar-refractivity contribution is 5.85. The minimum Gasteiger partial charge on any atom is -0.478 e. The van der Waals surface area contributed by atoms with E-state index in [1.807, 2.05) is 36.4 Å². The van der Waals surface area contributed by atoms with Crippen LogP contribution in [0.4, 0.5) is 0 Å². The summed E-state index contributed by atoms with van der Waals surface area (Å²) < 4.78 is 0. The molecule has 1 N–H and O–H groups in total. The van der Waals surface area contributed by atoms with E-state index < -0.39 is 5.97 Å². The Morgan fingerprint density at radius 1 is 1.05 bits per heavy atom. The molecule has 0 saturated carbocycles. The molecule has 0 heterocycles. The molecule has 0 fully saturated rings. The van der Waals surface area contributed by atoms with Gasteiger partial charge < -0.3 is 10.0 Å². The van der Waals surface area contributed by atoms with Crippen molar-refractivity contribution in [2.45, 2.75) is 20.8 Å². The van der Waals surface area contributed by atoms with E-state index in [-0.39, 0.29) is 12.4 Å². The van der Waals surface area contributed by atoms with Gasteiger partial charge in [-0.2, -0.15) is 0 Å². The minimum absolute atomic E-state index is 0. The second-order valence-electron chi connectivity index (χ2n) is 4.09. The van der Waals surface area contributed by atoms with Crippen LogP contribution in [0.1, 0.15) is 26.3 Å². The molecule has 118 valence electrons. The van der Waals surface area contributed by atoms with Crippen LogP contribution < -0.4 is 0 Å². The predicted molar refractivity (Wildman–Crippen MR) is 93.0 cm³/mol. The van der Waals surface area contributed by atoms with Crippen LogP contribution in [0.15, 0.2) is 48.6 Å². The maximum atomic E-state index is 10.1. The number of nitrogens with zero attached hydrogens (tertiary/aromatic N) is 1. The van der Waals surface area contributed by atoms with Gasteiger partial charge in [0.2, 0.25) is 0 Å². The van der Waals surface area contributed by atoms with E-state index in [2.05, 4.69) is 25.7 Å². The number of carbonyl (C=O) groups is 1. The van der Waals surface area contributed by atoms with E-state index in [0.29, 0.717) is 0 Å². The summed E-state index contributed by atoms with van der Waals surface area (Å²) in [5, 5.41) is 8.29. The Morgan fingerprint density at radius 2 is 1.57 bits per heavy atom. The summed E-state index contributed by atoms with van der Waals surface area (Å²) in [6, 6.07) is 9.70. The predicted octanol–water partition coefficient (Wildman–Crippen LogP) is 4.11. The molecular weight excluding hydrogens is 286 g/mol. The van der Waals surface area contributed by atoms with E-state index in [9.17, 15) is 4.79 Å². The molecule has 1 aromatic carbocycles. The molecule has 0 unspecified atom stereocenters. The lowest BCUT2D eigenvalue weighted by atomic mass is 10.2. The third-order valence-electron chi connectivity index (χ3n) is 2.78. The molecule has 0 bridgehead atoms. The first-order valence-electron chi connectivity index (χ1n) is 6.99. The number of aliphatic carboxylic acids is 1. The van der Waals surface area contributed by atoms with Gasteiger partial charge in [0.1, 0.15) is 0 Å². The summed E-state index contributed by atoms with van der Waals surface area (Å²) in [5.41, 5.74) is 1.05. The van der Waals surface area contributed by atoms with Crippen LogP contribution in [-0.2, 0) is 4.79 Å². The lowest BCUT2D eigenvalue weighted by molar-refractivity contribution is -0.131. The van der Waals surface area contributed by atoms with Crippen molar-refractivity contribution in [3.63, 3.8) is 0 Å². The third kappa shape index (κ3) is 13.2. The van der Waals surface area contributed by atoms with Gasteiger partial charge in [0.15, 0.2) is 0 Å². The highest BCUT2D eigenvalue weighted by Gasteiger charge is 1.89. The molecule has 4 heteroatoms. The largest absolute Gasteiger partial charge is 0.478 e. The molecule has 0 radical (unpaired) electrons. The summed E-state index contributed by atoms with van der Waals surface area (Å²) in [6.07, 6.45) is 6.14. The lowest BCUT2D eigenvalue weighted by Gasteiger charge is -2.13. The van der Waals surface area contributed by atoms with Crippen molar-refractivity contribution in [2.75, 3.05) is 19.6 Å². The van der Waals surface area contributed by atoms with Gasteiger partial charge >= 0.3 is 5.97 Å². The molecule has 1 aromatic rings. The van der Waals surface area contributed by atoms with Crippen LogP contribution in [0.3, 0.4) is 0 Å². The van der Waals surface area contributed by atoms with Crippen molar-refractivity contribution >= 4 is 24.5 Å². The topological polar surface area (TPSA) is 40.5 Å². The van der Waals surface area contributed by atoms with E-state index in [4.69, 9.17) is 5.11 Å². The molecule has 0 aromatic heterocycles. The van der Waals surface area contributed by atoms with Gasteiger partial charge in [-0.05, 0) is 25.2 Å². The molecule has 0 spiro atoms. The zero-order valence-corrected chi connectivity index (χ0v) is 13.8. The Balaban J connectivity index is 0. The molecule has 0 atom stereocenters. The molecular formula is C17H26ClNO2. The van der Waals surface area contributed by atoms with Crippen molar-refractivity contribution in [3.8, 4) is 0 Å². The number of halogens is 1. The number of rotatable bonds is 6. The summed E-state index contributed by atoms with van der Waals surface area (Å²) in [4.78, 5) is 12.5. The number of allylic oxidation sites excluding steroid dienone is 2. The van der Waals surface area contributed by atoms with E-state index in [1.54, 1.807) is 6.08 Å². The van der Waals surface area contributed by atoms with Gasteiger partial charge in [-0.25, -0.2) is 4.79 Å². The highest BCUT2D eigenvalue weighted by atomic mass is 35.5. The SMILES string of the molecule is CCN(CC)CC.Cl.O=C(O)C=CC=Cc1ccccc1. The summed E-state index contributed by atoms with van der Waals surface area (Å²) in [6.45, 7) is 10.1. The average molecular weight is 312 g/mol. The smallest absolute Gasteiger partial charge is 0.328 e. The van der Waals surface area contributed by atoms with Crippen LogP contribution in [0.2, 0.25) is 0 Å². The summed E-state index contributed by atoms with van der Waals surface area (Å²) >= 11 is 0. The van der Waals surface area contributed by atoms with E-state index in [0.717, 1.165) is 11.6 Å². The van der Waals surface area contributed by atoms with E-state index >= 15 is 0 Å². The molecule has 1 rings (SSSR count). The summed E-state index contributed by atoms with van der Waals surface area (Å²) in [7, 11) is 0. The lowest BCUT2D eigenvalue weighted by Crippen LogP contribution is -2.21. The summed E-state index contributed by atoms with van der Waals surface area (Å²) in [5.74, 6) is -0.933. The van der Waals surface area contributed by atoms with Crippen LogP contribution in [0, 0.1) is 0 Å². The molecule has 0 aliphatic heterocycles. The van der Waals surface area contributed by atoms with Crippen molar-refractivity contribution in [1.29, 1.82) is 0 Å². The van der Waals surface area contributed by atoms with Gasteiger partial charge in [0.25, 0.3) is 0 Å². The van der Waals surface area contributed by atoms with Crippen molar-refractivity contribution in [2.24, 2.45) is 0 Å². The Hall–Kier alpha value is -1.58. The fourth-order valence-corrected chi connectivity index (χ4v) is 1.54. The first-order chi connectivity index (χ1) is 9.63.